The van der Waals surface area contributed by atoms with Crippen LogP contribution in [0.3, 0.4) is 0 Å². The van der Waals surface area contributed by atoms with Crippen LogP contribution in [0.25, 0.3) is 0 Å². The monoisotopic (exact) mass is 181 g/mol. The summed E-state index contributed by atoms with van der Waals surface area (Å²) in [6.45, 7) is 0.163. The van der Waals surface area contributed by atoms with Crippen LogP contribution in [-0.2, 0) is 11.5 Å². The molecule has 1 heterocycles. The van der Waals surface area contributed by atoms with Crippen LogP contribution in [0, 0.1) is 22.5 Å². The number of nitrogens with zero attached hydrogens (tertiary/aromatic N) is 3. The van der Waals surface area contributed by atoms with Crippen molar-refractivity contribution in [2.75, 3.05) is 6.61 Å². The fraction of sp³-hybridized carbons (Fsp3) is 0.286. The van der Waals surface area contributed by atoms with Gasteiger partial charge < -0.3 is 14.9 Å². The second kappa shape index (κ2) is 4.23. The van der Waals surface area contributed by atoms with Gasteiger partial charge in [-0.1, -0.05) is 10.9 Å². The maximum Gasteiger partial charge on any atom is 0.436 e. The van der Waals surface area contributed by atoms with Crippen LogP contribution < -0.4 is 0 Å². The largest absolute Gasteiger partial charge is 0.436 e. The quantitative estimate of drug-likeness (QED) is 0.292. The van der Waals surface area contributed by atoms with Gasteiger partial charge in [0.2, 0.25) is 0 Å². The summed E-state index contributed by atoms with van der Waals surface area (Å²) in [6, 6.07) is 0. The van der Waals surface area contributed by atoms with Gasteiger partial charge in [-0.25, -0.2) is 4.57 Å². The molecular formula is C7H7N3O3. The van der Waals surface area contributed by atoms with E-state index in [1.54, 1.807) is 0 Å². The molecule has 0 saturated heterocycles. The van der Waals surface area contributed by atoms with Gasteiger partial charge in [-0.15, -0.1) is 6.42 Å². The summed E-state index contributed by atoms with van der Waals surface area (Å²) in [4.78, 5) is 13.3. The minimum absolute atomic E-state index is 0.0422. The zero-order valence-electron chi connectivity index (χ0n) is 6.71. The molecule has 0 bridgehead atoms. The molecule has 1 aromatic rings. The summed E-state index contributed by atoms with van der Waals surface area (Å²) in [5.41, 5.74) is 0. The van der Waals surface area contributed by atoms with Crippen molar-refractivity contribution < 1.29 is 9.66 Å². The molecular weight excluding hydrogens is 174 g/mol. The van der Waals surface area contributed by atoms with E-state index >= 15 is 0 Å². The van der Waals surface area contributed by atoms with Gasteiger partial charge in [-0.3, -0.25) is 0 Å². The molecule has 0 amide bonds. The first-order valence-corrected chi connectivity index (χ1v) is 3.42. The van der Waals surface area contributed by atoms with Crippen molar-refractivity contribution in [1.29, 1.82) is 0 Å². The Balaban J connectivity index is 2.61. The first kappa shape index (κ1) is 9.22. The number of hydrogen-bond donors (Lipinski definition) is 0. The molecule has 0 aromatic carbocycles. The van der Waals surface area contributed by atoms with Gasteiger partial charge >= 0.3 is 5.95 Å². The zero-order chi connectivity index (χ0) is 9.68. The molecule has 0 aliphatic carbocycles. The van der Waals surface area contributed by atoms with Crippen molar-refractivity contribution >= 4 is 5.95 Å². The van der Waals surface area contributed by atoms with Crippen molar-refractivity contribution in [3.8, 4) is 12.3 Å². The van der Waals surface area contributed by atoms with Gasteiger partial charge in [0.25, 0.3) is 0 Å². The Labute approximate surface area is 74.3 Å². The second-order valence-corrected chi connectivity index (χ2v) is 2.14. The Morgan fingerprint density at radius 1 is 1.85 bits per heavy atom. The van der Waals surface area contributed by atoms with Gasteiger partial charge in [0.15, 0.2) is 6.73 Å². The lowest BCUT2D eigenvalue weighted by Crippen LogP contribution is -2.05. The van der Waals surface area contributed by atoms with Crippen LogP contribution >= 0.6 is 0 Å². The van der Waals surface area contributed by atoms with E-state index in [4.69, 9.17) is 11.2 Å². The maximum atomic E-state index is 10.3. The lowest BCUT2D eigenvalue weighted by Gasteiger charge is -1.99. The molecule has 0 spiro atoms. The SMILES string of the molecule is C#CCOCn1ccnc1[N+](=O)[O-]. The van der Waals surface area contributed by atoms with E-state index in [9.17, 15) is 10.1 Å². The van der Waals surface area contributed by atoms with Crippen LogP contribution in [0.1, 0.15) is 0 Å². The van der Waals surface area contributed by atoms with E-state index in [1.807, 2.05) is 0 Å². The van der Waals surface area contributed by atoms with Crippen molar-refractivity contribution in [2.45, 2.75) is 6.73 Å². The van der Waals surface area contributed by atoms with E-state index in [1.165, 1.54) is 17.0 Å². The molecule has 0 unspecified atom stereocenters. The summed E-state index contributed by atoms with van der Waals surface area (Å²) >= 11 is 0. The van der Waals surface area contributed by atoms with Crippen LogP contribution in [0.4, 0.5) is 5.95 Å². The lowest BCUT2D eigenvalue weighted by molar-refractivity contribution is -0.397. The molecule has 0 N–H and O–H groups in total. The van der Waals surface area contributed by atoms with Gasteiger partial charge in [0.1, 0.15) is 19.0 Å². The smallest absolute Gasteiger partial charge is 0.390 e. The lowest BCUT2D eigenvalue weighted by atomic mass is 10.7. The summed E-state index contributed by atoms with van der Waals surface area (Å²) in [5.74, 6) is 2.00. The molecule has 0 atom stereocenters. The Morgan fingerprint density at radius 3 is 3.23 bits per heavy atom. The predicted octanol–water partition coefficient (Wildman–Crippen LogP) is 0.399. The molecule has 0 saturated carbocycles. The van der Waals surface area contributed by atoms with E-state index in [-0.39, 0.29) is 19.3 Å². The van der Waals surface area contributed by atoms with Crippen LogP contribution in [0.15, 0.2) is 12.4 Å². The van der Waals surface area contributed by atoms with Crippen molar-refractivity contribution in [3.05, 3.63) is 22.5 Å². The van der Waals surface area contributed by atoms with Gasteiger partial charge in [0.05, 0.1) is 0 Å². The third kappa shape index (κ3) is 2.28. The minimum Gasteiger partial charge on any atom is -0.390 e. The Kier molecular flexibility index (Phi) is 3.00. The molecule has 0 radical (unpaired) electrons. The zero-order valence-corrected chi connectivity index (χ0v) is 6.71. The topological polar surface area (TPSA) is 70.2 Å². The normalized spacial score (nSPS) is 9.46. The first-order valence-electron chi connectivity index (χ1n) is 3.42. The highest BCUT2D eigenvalue weighted by molar-refractivity contribution is 5.05. The van der Waals surface area contributed by atoms with E-state index in [0.717, 1.165) is 0 Å². The number of nitro groups is 1. The highest BCUT2D eigenvalue weighted by Crippen LogP contribution is 2.06. The summed E-state index contributed by atoms with van der Waals surface area (Å²) < 4.78 is 6.16. The molecule has 0 aliphatic heterocycles. The van der Waals surface area contributed by atoms with Crippen molar-refractivity contribution in [1.82, 2.24) is 9.55 Å². The van der Waals surface area contributed by atoms with Crippen molar-refractivity contribution in [2.24, 2.45) is 0 Å². The molecule has 0 aliphatic rings. The fourth-order valence-electron chi connectivity index (χ4n) is 0.777. The van der Waals surface area contributed by atoms with E-state index < -0.39 is 4.92 Å². The average molecular weight is 181 g/mol. The third-order valence-electron chi connectivity index (χ3n) is 1.27. The highest BCUT2D eigenvalue weighted by atomic mass is 16.6. The van der Waals surface area contributed by atoms with Gasteiger partial charge in [-0.2, -0.15) is 0 Å². The molecule has 68 valence electrons. The van der Waals surface area contributed by atoms with E-state index in [0.29, 0.717) is 0 Å². The summed E-state index contributed by atoms with van der Waals surface area (Å²) in [5, 5.41) is 10.3. The summed E-state index contributed by atoms with van der Waals surface area (Å²) in [6.07, 6.45) is 7.72. The Bertz CT molecular complexity index is 339. The van der Waals surface area contributed by atoms with Gasteiger partial charge in [0, 0.05) is 0 Å². The van der Waals surface area contributed by atoms with E-state index in [2.05, 4.69) is 10.9 Å². The summed E-state index contributed by atoms with van der Waals surface area (Å²) in [7, 11) is 0. The van der Waals surface area contributed by atoms with Crippen LogP contribution in [-0.4, -0.2) is 21.1 Å². The molecule has 1 aromatic heterocycles. The maximum absolute atomic E-state index is 10.3. The number of imidazole rings is 1. The number of ether oxygens (including phenoxy) is 1. The average Bonchev–Trinajstić information content (AvgIpc) is 2.53. The molecule has 6 heteroatoms. The number of rotatable bonds is 4. The number of aromatic nitrogens is 2. The standard InChI is InChI=1S/C7H7N3O3/c1-2-5-13-6-9-4-3-8-7(9)10(11)12/h1,3-4H,5-6H2. The Morgan fingerprint density at radius 2 is 2.62 bits per heavy atom. The third-order valence-corrected chi connectivity index (χ3v) is 1.27. The molecule has 0 fully saturated rings. The predicted molar refractivity (Wildman–Crippen MR) is 43.7 cm³/mol. The van der Waals surface area contributed by atoms with Crippen LogP contribution in [0.2, 0.25) is 0 Å². The number of hydrogen-bond acceptors (Lipinski definition) is 4. The minimum atomic E-state index is -0.584. The van der Waals surface area contributed by atoms with Crippen molar-refractivity contribution in [3.63, 3.8) is 0 Å². The van der Waals surface area contributed by atoms with Gasteiger partial charge in [-0.05, 0) is 4.92 Å². The molecule has 1 rings (SSSR count). The first-order chi connectivity index (χ1) is 6.25. The highest BCUT2D eigenvalue weighted by Gasteiger charge is 2.12. The Hall–Kier alpha value is -1.87. The molecule has 6 nitrogen and oxygen atoms in total. The second-order valence-electron chi connectivity index (χ2n) is 2.14. The fourth-order valence-corrected chi connectivity index (χ4v) is 0.777. The number of terminal acetylenes is 1. The van der Waals surface area contributed by atoms with Crippen LogP contribution in [0.5, 0.6) is 0 Å². The molecule has 13 heavy (non-hydrogen) atoms.